The molecule has 0 radical (unpaired) electrons. The maximum Gasteiger partial charge on any atom is 0.328 e. The van der Waals surface area contributed by atoms with Crippen LogP contribution in [0.3, 0.4) is 0 Å². The Labute approximate surface area is 105 Å². The van der Waals surface area contributed by atoms with E-state index in [0.29, 0.717) is 5.69 Å². The van der Waals surface area contributed by atoms with Gasteiger partial charge >= 0.3 is 12.0 Å². The van der Waals surface area contributed by atoms with Gasteiger partial charge < -0.3 is 20.8 Å². The number of aliphatic hydroxyl groups is 1. The van der Waals surface area contributed by atoms with Crippen LogP contribution >= 0.6 is 0 Å². The standard InChI is InChI=1S/C12H16N2O4/c1-7-4-3-5-8(2)10(7)14-12(18)13-9(6-15)11(16)17/h3-5,9,15H,6H2,1-2H3,(H,16,17)(H2,13,14,18)/t9-/m0/s1. The van der Waals surface area contributed by atoms with E-state index in [1.54, 1.807) is 0 Å². The predicted molar refractivity (Wildman–Crippen MR) is 66.6 cm³/mol. The number of nitrogens with one attached hydrogen (secondary N) is 2. The van der Waals surface area contributed by atoms with E-state index in [2.05, 4.69) is 10.6 Å². The molecule has 0 bridgehead atoms. The normalized spacial score (nSPS) is 11.7. The average molecular weight is 252 g/mol. The summed E-state index contributed by atoms with van der Waals surface area (Å²) in [6.07, 6.45) is 0. The van der Waals surface area contributed by atoms with Crippen molar-refractivity contribution in [3.05, 3.63) is 29.3 Å². The second-order valence-corrected chi connectivity index (χ2v) is 3.94. The Kier molecular flexibility index (Phi) is 4.67. The van der Waals surface area contributed by atoms with Crippen molar-refractivity contribution in [1.29, 1.82) is 0 Å². The number of urea groups is 1. The number of para-hydroxylation sites is 1. The summed E-state index contributed by atoms with van der Waals surface area (Å²) in [5.41, 5.74) is 2.39. The number of anilines is 1. The molecule has 0 aliphatic carbocycles. The maximum atomic E-state index is 11.6. The average Bonchev–Trinajstić information content (AvgIpc) is 2.30. The highest BCUT2D eigenvalue weighted by atomic mass is 16.4. The number of carbonyl (C=O) groups is 2. The fourth-order valence-corrected chi connectivity index (χ4v) is 1.50. The van der Waals surface area contributed by atoms with E-state index in [1.807, 2.05) is 32.0 Å². The highest BCUT2D eigenvalue weighted by molar-refractivity contribution is 5.93. The highest BCUT2D eigenvalue weighted by Crippen LogP contribution is 2.18. The first-order valence-corrected chi connectivity index (χ1v) is 5.43. The van der Waals surface area contributed by atoms with Crippen molar-refractivity contribution < 1.29 is 19.8 Å². The molecule has 0 aliphatic heterocycles. The van der Waals surface area contributed by atoms with E-state index in [9.17, 15) is 9.59 Å². The zero-order valence-corrected chi connectivity index (χ0v) is 10.2. The van der Waals surface area contributed by atoms with Gasteiger partial charge in [-0.05, 0) is 25.0 Å². The van der Waals surface area contributed by atoms with Gasteiger partial charge in [-0.15, -0.1) is 0 Å². The summed E-state index contributed by atoms with van der Waals surface area (Å²) in [5.74, 6) is -1.28. The summed E-state index contributed by atoms with van der Waals surface area (Å²) in [6, 6.07) is 3.57. The molecule has 0 unspecified atom stereocenters. The molecule has 0 aromatic heterocycles. The molecule has 2 amide bonds. The molecule has 0 aliphatic rings. The first kappa shape index (κ1) is 14.0. The lowest BCUT2D eigenvalue weighted by molar-refractivity contribution is -0.140. The smallest absolute Gasteiger partial charge is 0.328 e. The van der Waals surface area contributed by atoms with Crippen molar-refractivity contribution in [1.82, 2.24) is 5.32 Å². The van der Waals surface area contributed by atoms with Gasteiger partial charge in [0.25, 0.3) is 0 Å². The van der Waals surface area contributed by atoms with Gasteiger partial charge in [0.2, 0.25) is 0 Å². The lowest BCUT2D eigenvalue weighted by Crippen LogP contribution is -2.45. The zero-order chi connectivity index (χ0) is 13.7. The van der Waals surface area contributed by atoms with Gasteiger partial charge in [0.1, 0.15) is 0 Å². The molecule has 6 nitrogen and oxygen atoms in total. The molecule has 0 saturated heterocycles. The van der Waals surface area contributed by atoms with E-state index in [4.69, 9.17) is 10.2 Å². The van der Waals surface area contributed by atoms with Crippen LogP contribution in [0.2, 0.25) is 0 Å². The Morgan fingerprint density at radius 1 is 1.28 bits per heavy atom. The number of hydrogen-bond donors (Lipinski definition) is 4. The predicted octanol–water partition coefficient (Wildman–Crippen LogP) is 0.870. The quantitative estimate of drug-likeness (QED) is 0.639. The van der Waals surface area contributed by atoms with E-state index < -0.39 is 24.6 Å². The van der Waals surface area contributed by atoms with Crippen molar-refractivity contribution in [3.8, 4) is 0 Å². The van der Waals surface area contributed by atoms with Crippen molar-refractivity contribution in [2.24, 2.45) is 0 Å². The zero-order valence-electron chi connectivity index (χ0n) is 10.2. The molecule has 98 valence electrons. The summed E-state index contributed by atoms with van der Waals surface area (Å²) in [7, 11) is 0. The number of aliphatic carboxylic acids is 1. The van der Waals surface area contributed by atoms with E-state index >= 15 is 0 Å². The molecular formula is C12H16N2O4. The van der Waals surface area contributed by atoms with E-state index in [1.165, 1.54) is 0 Å². The lowest BCUT2D eigenvalue weighted by Gasteiger charge is -2.15. The van der Waals surface area contributed by atoms with Crippen molar-refractivity contribution in [2.75, 3.05) is 11.9 Å². The van der Waals surface area contributed by atoms with Crippen LogP contribution in [-0.2, 0) is 4.79 Å². The first-order valence-electron chi connectivity index (χ1n) is 5.43. The minimum atomic E-state index is -1.31. The largest absolute Gasteiger partial charge is 0.480 e. The van der Waals surface area contributed by atoms with Gasteiger partial charge in [0.15, 0.2) is 6.04 Å². The van der Waals surface area contributed by atoms with Crippen LogP contribution in [0.25, 0.3) is 0 Å². The van der Waals surface area contributed by atoms with Crippen molar-refractivity contribution in [3.63, 3.8) is 0 Å². The Balaban J connectivity index is 2.73. The first-order chi connectivity index (χ1) is 8.45. The SMILES string of the molecule is Cc1cccc(C)c1NC(=O)N[C@@H](CO)C(=O)O. The fourth-order valence-electron chi connectivity index (χ4n) is 1.50. The van der Waals surface area contributed by atoms with Gasteiger partial charge in [-0.2, -0.15) is 0 Å². The summed E-state index contributed by atoms with van der Waals surface area (Å²) < 4.78 is 0. The number of hydrogen-bond acceptors (Lipinski definition) is 3. The Morgan fingerprint density at radius 3 is 2.28 bits per heavy atom. The molecule has 1 atom stereocenters. The Hall–Kier alpha value is -2.08. The minimum Gasteiger partial charge on any atom is -0.480 e. The number of carboxylic acid groups (broad SMARTS) is 1. The number of amides is 2. The topological polar surface area (TPSA) is 98.7 Å². The van der Waals surface area contributed by atoms with Crippen LogP contribution in [-0.4, -0.2) is 34.9 Å². The van der Waals surface area contributed by atoms with Crippen LogP contribution in [0.5, 0.6) is 0 Å². The van der Waals surface area contributed by atoms with Crippen molar-refractivity contribution in [2.45, 2.75) is 19.9 Å². The third kappa shape index (κ3) is 3.46. The summed E-state index contributed by atoms with van der Waals surface area (Å²) in [5, 5.41) is 22.2. The van der Waals surface area contributed by atoms with Gasteiger partial charge in [-0.25, -0.2) is 9.59 Å². The van der Waals surface area contributed by atoms with Crippen LogP contribution in [0.15, 0.2) is 18.2 Å². The van der Waals surface area contributed by atoms with Gasteiger partial charge in [-0.3, -0.25) is 0 Å². The van der Waals surface area contributed by atoms with E-state index in [0.717, 1.165) is 11.1 Å². The lowest BCUT2D eigenvalue weighted by atomic mass is 10.1. The summed E-state index contributed by atoms with van der Waals surface area (Å²) >= 11 is 0. The molecule has 0 spiro atoms. The van der Waals surface area contributed by atoms with Crippen LogP contribution in [0.1, 0.15) is 11.1 Å². The Morgan fingerprint density at radius 2 is 1.83 bits per heavy atom. The number of carbonyl (C=O) groups excluding carboxylic acids is 1. The second kappa shape index (κ2) is 6.02. The van der Waals surface area contributed by atoms with Gasteiger partial charge in [0, 0.05) is 5.69 Å². The third-order valence-electron chi connectivity index (χ3n) is 2.51. The molecule has 1 aromatic carbocycles. The summed E-state index contributed by atoms with van der Waals surface area (Å²) in [6.45, 7) is 3.02. The molecule has 6 heteroatoms. The summed E-state index contributed by atoms with van der Waals surface area (Å²) in [4.78, 5) is 22.2. The molecular weight excluding hydrogens is 236 g/mol. The monoisotopic (exact) mass is 252 g/mol. The molecule has 4 N–H and O–H groups in total. The van der Waals surface area contributed by atoms with Gasteiger partial charge in [-0.1, -0.05) is 18.2 Å². The number of aliphatic hydroxyl groups excluding tert-OH is 1. The minimum absolute atomic E-state index is 0.636. The Bertz CT molecular complexity index is 439. The fraction of sp³-hybridized carbons (Fsp3) is 0.333. The van der Waals surface area contributed by atoms with Crippen molar-refractivity contribution >= 4 is 17.7 Å². The van der Waals surface area contributed by atoms with Crippen LogP contribution in [0.4, 0.5) is 10.5 Å². The van der Waals surface area contributed by atoms with Crippen LogP contribution in [0, 0.1) is 13.8 Å². The second-order valence-electron chi connectivity index (χ2n) is 3.94. The third-order valence-corrected chi connectivity index (χ3v) is 2.51. The molecule has 1 aromatic rings. The molecule has 18 heavy (non-hydrogen) atoms. The molecule has 0 saturated carbocycles. The van der Waals surface area contributed by atoms with Gasteiger partial charge in [0.05, 0.1) is 6.61 Å². The highest BCUT2D eigenvalue weighted by Gasteiger charge is 2.19. The van der Waals surface area contributed by atoms with Crippen LogP contribution < -0.4 is 10.6 Å². The number of rotatable bonds is 4. The number of aryl methyl sites for hydroxylation is 2. The molecule has 0 heterocycles. The number of benzene rings is 1. The number of carboxylic acids is 1. The molecule has 0 fully saturated rings. The molecule has 1 rings (SSSR count). The maximum absolute atomic E-state index is 11.6. The van der Waals surface area contributed by atoms with E-state index in [-0.39, 0.29) is 0 Å².